The van der Waals surface area contributed by atoms with Crippen LogP contribution in [0.4, 0.5) is 0 Å². The lowest BCUT2D eigenvalue weighted by atomic mass is 9.98. The third-order valence-electron chi connectivity index (χ3n) is 4.85. The van der Waals surface area contributed by atoms with Gasteiger partial charge in [0.2, 0.25) is 5.91 Å². The van der Waals surface area contributed by atoms with E-state index in [4.69, 9.17) is 9.47 Å². The van der Waals surface area contributed by atoms with E-state index in [0.29, 0.717) is 36.3 Å². The Morgan fingerprint density at radius 2 is 1.92 bits per heavy atom. The molecule has 2 aliphatic rings. The van der Waals surface area contributed by atoms with Crippen molar-refractivity contribution in [3.63, 3.8) is 0 Å². The number of hydrogen-bond donors (Lipinski definition) is 0. The van der Waals surface area contributed by atoms with Crippen LogP contribution in [0.1, 0.15) is 55.8 Å². The van der Waals surface area contributed by atoms with Crippen molar-refractivity contribution < 1.29 is 19.1 Å². The van der Waals surface area contributed by atoms with Crippen LogP contribution in [0.3, 0.4) is 0 Å². The summed E-state index contributed by atoms with van der Waals surface area (Å²) in [6.07, 6.45) is 4.85. The van der Waals surface area contributed by atoms with E-state index in [1.807, 2.05) is 4.90 Å². The van der Waals surface area contributed by atoms with Gasteiger partial charge in [-0.2, -0.15) is 0 Å². The third-order valence-corrected chi connectivity index (χ3v) is 4.85. The summed E-state index contributed by atoms with van der Waals surface area (Å²) in [5.41, 5.74) is 0.581. The molecule has 0 spiro atoms. The fraction of sp³-hybridized carbons (Fsp3) is 0.579. The number of likely N-dealkylation sites (tertiary alicyclic amines) is 1. The molecule has 0 saturated carbocycles. The predicted octanol–water partition coefficient (Wildman–Crippen LogP) is 3.21. The van der Waals surface area contributed by atoms with Gasteiger partial charge in [0.1, 0.15) is 13.2 Å². The molecule has 1 amide bonds. The Labute approximate surface area is 142 Å². The molecule has 0 bridgehead atoms. The van der Waals surface area contributed by atoms with Crippen molar-refractivity contribution in [3.05, 3.63) is 23.8 Å². The van der Waals surface area contributed by atoms with Gasteiger partial charge in [0.05, 0.1) is 0 Å². The van der Waals surface area contributed by atoms with Gasteiger partial charge in [0.15, 0.2) is 17.3 Å². The van der Waals surface area contributed by atoms with E-state index in [2.05, 4.69) is 6.92 Å². The molecule has 0 aromatic heterocycles. The van der Waals surface area contributed by atoms with Crippen LogP contribution in [0, 0.1) is 0 Å². The highest BCUT2D eigenvalue weighted by molar-refractivity contribution is 5.98. The molecule has 2 aliphatic heterocycles. The summed E-state index contributed by atoms with van der Waals surface area (Å²) in [6, 6.07) is 5.57. The molecule has 24 heavy (non-hydrogen) atoms. The number of ketones is 1. The van der Waals surface area contributed by atoms with Crippen molar-refractivity contribution in [2.24, 2.45) is 0 Å². The molecule has 1 fully saturated rings. The highest BCUT2D eigenvalue weighted by atomic mass is 16.6. The van der Waals surface area contributed by atoms with Gasteiger partial charge in [0, 0.05) is 31.0 Å². The van der Waals surface area contributed by atoms with Crippen LogP contribution >= 0.6 is 0 Å². The molecule has 1 atom stereocenters. The number of amides is 1. The number of piperidine rings is 1. The molecule has 1 aromatic carbocycles. The van der Waals surface area contributed by atoms with Crippen LogP contribution in [0.15, 0.2) is 18.2 Å². The number of hydrogen-bond acceptors (Lipinski definition) is 4. The first-order valence-electron chi connectivity index (χ1n) is 8.91. The highest BCUT2D eigenvalue weighted by Gasteiger charge is 2.25. The lowest BCUT2D eigenvalue weighted by Crippen LogP contribution is -2.43. The van der Waals surface area contributed by atoms with Crippen molar-refractivity contribution in [2.75, 3.05) is 19.8 Å². The van der Waals surface area contributed by atoms with E-state index in [1.54, 1.807) is 18.2 Å². The predicted molar refractivity (Wildman–Crippen MR) is 90.6 cm³/mol. The van der Waals surface area contributed by atoms with Crippen LogP contribution in [-0.4, -0.2) is 42.4 Å². The lowest BCUT2D eigenvalue weighted by molar-refractivity contribution is -0.134. The quantitative estimate of drug-likeness (QED) is 0.778. The molecule has 5 heteroatoms. The van der Waals surface area contributed by atoms with E-state index in [9.17, 15) is 9.59 Å². The Morgan fingerprint density at radius 3 is 2.71 bits per heavy atom. The number of fused-ring (bicyclic) bond motifs is 1. The maximum atomic E-state index is 12.5. The zero-order valence-corrected chi connectivity index (χ0v) is 14.3. The Hall–Kier alpha value is -2.04. The number of ether oxygens (including phenoxy) is 2. The molecule has 0 N–H and O–H groups in total. The Bertz CT molecular complexity index is 613. The summed E-state index contributed by atoms with van der Waals surface area (Å²) in [6.45, 7) is 3.98. The summed E-state index contributed by atoms with van der Waals surface area (Å²) in [4.78, 5) is 26.8. The van der Waals surface area contributed by atoms with Crippen LogP contribution in [0.25, 0.3) is 0 Å². The summed E-state index contributed by atoms with van der Waals surface area (Å²) >= 11 is 0. The van der Waals surface area contributed by atoms with Crippen molar-refractivity contribution in [1.29, 1.82) is 0 Å². The highest BCUT2D eigenvalue weighted by Crippen LogP contribution is 2.31. The lowest BCUT2D eigenvalue weighted by Gasteiger charge is -2.35. The molecule has 0 radical (unpaired) electrons. The van der Waals surface area contributed by atoms with Gasteiger partial charge in [0.25, 0.3) is 0 Å². The van der Waals surface area contributed by atoms with Gasteiger partial charge < -0.3 is 14.4 Å². The largest absolute Gasteiger partial charge is 0.486 e. The van der Waals surface area contributed by atoms with Crippen LogP contribution in [0.2, 0.25) is 0 Å². The molecule has 1 unspecified atom stereocenters. The van der Waals surface area contributed by atoms with Gasteiger partial charge >= 0.3 is 0 Å². The van der Waals surface area contributed by atoms with E-state index < -0.39 is 0 Å². The van der Waals surface area contributed by atoms with E-state index in [-0.39, 0.29) is 24.5 Å². The molecular formula is C19H25NO4. The van der Waals surface area contributed by atoms with Gasteiger partial charge in [-0.3, -0.25) is 9.59 Å². The second-order valence-electron chi connectivity index (χ2n) is 6.43. The Balaban J connectivity index is 1.58. The topological polar surface area (TPSA) is 55.8 Å². The summed E-state index contributed by atoms with van der Waals surface area (Å²) < 4.78 is 11.0. The zero-order valence-electron chi connectivity index (χ0n) is 14.3. The number of carbonyl (C=O) groups is 2. The molecule has 3 rings (SSSR count). The Morgan fingerprint density at radius 1 is 1.12 bits per heavy atom. The first-order chi connectivity index (χ1) is 11.7. The fourth-order valence-electron chi connectivity index (χ4n) is 3.48. The van der Waals surface area contributed by atoms with Gasteiger partial charge in [-0.15, -0.1) is 0 Å². The van der Waals surface area contributed by atoms with Gasteiger partial charge in [-0.25, -0.2) is 0 Å². The zero-order chi connectivity index (χ0) is 16.9. The normalized spacial score (nSPS) is 19.9. The molecule has 5 nitrogen and oxygen atoms in total. The van der Waals surface area contributed by atoms with Crippen molar-refractivity contribution in [1.82, 2.24) is 4.90 Å². The maximum Gasteiger partial charge on any atom is 0.223 e. The third kappa shape index (κ3) is 3.71. The van der Waals surface area contributed by atoms with Crippen molar-refractivity contribution in [2.45, 2.75) is 51.5 Å². The van der Waals surface area contributed by atoms with Gasteiger partial charge in [-0.1, -0.05) is 6.92 Å². The minimum absolute atomic E-state index is 0.0228. The summed E-state index contributed by atoms with van der Waals surface area (Å²) in [7, 11) is 0. The molecule has 130 valence electrons. The summed E-state index contributed by atoms with van der Waals surface area (Å²) in [5.74, 6) is 1.37. The summed E-state index contributed by atoms with van der Waals surface area (Å²) in [5, 5.41) is 0. The van der Waals surface area contributed by atoms with Crippen LogP contribution in [0.5, 0.6) is 11.5 Å². The fourth-order valence-corrected chi connectivity index (χ4v) is 3.48. The average Bonchev–Trinajstić information content (AvgIpc) is 2.65. The van der Waals surface area contributed by atoms with Crippen LogP contribution < -0.4 is 9.47 Å². The van der Waals surface area contributed by atoms with Crippen molar-refractivity contribution in [3.8, 4) is 11.5 Å². The number of nitrogens with zero attached hydrogens (tertiary/aromatic N) is 1. The number of carbonyl (C=O) groups excluding carboxylic acids is 2. The monoisotopic (exact) mass is 331 g/mol. The second-order valence-corrected chi connectivity index (χ2v) is 6.43. The second kappa shape index (κ2) is 7.69. The number of rotatable bonds is 5. The van der Waals surface area contributed by atoms with Gasteiger partial charge in [-0.05, 0) is 43.9 Å². The Kier molecular flexibility index (Phi) is 5.38. The minimum atomic E-state index is -0.0228. The van der Waals surface area contributed by atoms with E-state index in [1.165, 1.54) is 6.42 Å². The van der Waals surface area contributed by atoms with Crippen molar-refractivity contribution >= 4 is 11.7 Å². The first-order valence-corrected chi connectivity index (χ1v) is 8.91. The molecule has 1 aromatic rings. The number of Topliss-reactive ketones (excluding diaryl/α,β-unsaturated/α-hetero) is 1. The molecule has 1 saturated heterocycles. The van der Waals surface area contributed by atoms with Crippen LogP contribution in [-0.2, 0) is 4.79 Å². The number of benzene rings is 1. The SMILES string of the molecule is CCC1CCCCN1C(=O)CCC(=O)c1ccc2c(c1)OCCO2. The first kappa shape index (κ1) is 16.8. The minimum Gasteiger partial charge on any atom is -0.486 e. The standard InChI is InChI=1S/C19H25NO4/c1-2-15-5-3-4-10-20(15)19(22)9-7-16(21)14-6-8-17-18(13-14)24-12-11-23-17/h6,8,13,15H,2-5,7,9-12H2,1H3. The molecule has 2 heterocycles. The molecule has 0 aliphatic carbocycles. The average molecular weight is 331 g/mol. The maximum absolute atomic E-state index is 12.5. The molecular weight excluding hydrogens is 306 g/mol. The smallest absolute Gasteiger partial charge is 0.223 e. The van der Waals surface area contributed by atoms with E-state index >= 15 is 0 Å². The van der Waals surface area contributed by atoms with E-state index in [0.717, 1.165) is 25.8 Å².